The Balaban J connectivity index is 2.12. The molecule has 0 aliphatic carbocycles. The smallest absolute Gasteiger partial charge is 0.292 e. The maximum Gasteiger partial charge on any atom is 0.292 e. The normalized spacial score (nSPS) is 10.4. The van der Waals surface area contributed by atoms with Crippen molar-refractivity contribution in [2.24, 2.45) is 5.73 Å². The van der Waals surface area contributed by atoms with E-state index < -0.39 is 10.8 Å². The van der Waals surface area contributed by atoms with Gasteiger partial charge < -0.3 is 11.1 Å². The molecule has 110 valence electrons. The summed E-state index contributed by atoms with van der Waals surface area (Å²) in [6.45, 7) is 1.91. The predicted octanol–water partition coefficient (Wildman–Crippen LogP) is 0.592. The van der Waals surface area contributed by atoms with Crippen molar-refractivity contribution in [3.05, 3.63) is 45.8 Å². The molecule has 0 fully saturated rings. The Labute approximate surface area is 119 Å². The molecular formula is C12H14N6O3. The zero-order valence-electron chi connectivity index (χ0n) is 11.3. The Bertz CT molecular complexity index is 681. The topological polar surface area (TPSA) is 129 Å². The van der Waals surface area contributed by atoms with Crippen molar-refractivity contribution < 1.29 is 9.72 Å². The van der Waals surface area contributed by atoms with Crippen molar-refractivity contribution in [3.8, 4) is 0 Å². The van der Waals surface area contributed by atoms with Crippen molar-refractivity contribution in [1.29, 1.82) is 0 Å². The number of aromatic nitrogens is 3. The van der Waals surface area contributed by atoms with E-state index in [1.165, 1.54) is 10.7 Å². The number of aryl methyl sites for hydroxylation is 1. The second-order valence-electron chi connectivity index (χ2n) is 4.44. The molecule has 21 heavy (non-hydrogen) atoms. The van der Waals surface area contributed by atoms with Gasteiger partial charge in [0.25, 0.3) is 5.69 Å². The molecule has 1 heterocycles. The van der Waals surface area contributed by atoms with Gasteiger partial charge in [0.15, 0.2) is 0 Å². The number of rotatable bonds is 5. The van der Waals surface area contributed by atoms with Gasteiger partial charge in [-0.25, -0.2) is 4.68 Å². The van der Waals surface area contributed by atoms with Crippen LogP contribution in [0.25, 0.3) is 0 Å². The van der Waals surface area contributed by atoms with E-state index in [1.807, 2.05) is 0 Å². The van der Waals surface area contributed by atoms with Gasteiger partial charge in [-0.05, 0) is 18.6 Å². The van der Waals surface area contributed by atoms with E-state index >= 15 is 0 Å². The van der Waals surface area contributed by atoms with Crippen molar-refractivity contribution in [2.75, 3.05) is 5.32 Å². The zero-order chi connectivity index (χ0) is 15.4. The molecule has 0 spiro atoms. The standard InChI is InChI=1S/C12H14N6O3/c1-8-2-3-11(18(20)21)10(4-8)14-12(19)7-17-6-9(5-13)15-16-17/h2-4,6H,5,7,13H2,1H3,(H,14,19). The highest BCUT2D eigenvalue weighted by Gasteiger charge is 2.16. The first-order chi connectivity index (χ1) is 9.99. The van der Waals surface area contributed by atoms with Crippen LogP contribution in [-0.4, -0.2) is 25.8 Å². The molecule has 0 aliphatic heterocycles. The van der Waals surface area contributed by atoms with Gasteiger partial charge in [0.2, 0.25) is 5.91 Å². The van der Waals surface area contributed by atoms with Gasteiger partial charge in [-0.15, -0.1) is 5.10 Å². The quantitative estimate of drug-likeness (QED) is 0.612. The van der Waals surface area contributed by atoms with Gasteiger partial charge in [0.1, 0.15) is 12.2 Å². The third-order valence-corrected chi connectivity index (χ3v) is 2.72. The van der Waals surface area contributed by atoms with E-state index in [-0.39, 0.29) is 24.5 Å². The van der Waals surface area contributed by atoms with Gasteiger partial charge in [0, 0.05) is 12.6 Å². The number of amides is 1. The Morgan fingerprint density at radius 2 is 2.29 bits per heavy atom. The van der Waals surface area contributed by atoms with Crippen LogP contribution in [0.3, 0.4) is 0 Å². The molecule has 0 unspecified atom stereocenters. The molecule has 2 aromatic rings. The van der Waals surface area contributed by atoms with Crippen molar-refractivity contribution in [3.63, 3.8) is 0 Å². The number of nitrogens with two attached hydrogens (primary N) is 1. The average Bonchev–Trinajstić information content (AvgIpc) is 2.85. The number of hydrogen-bond acceptors (Lipinski definition) is 6. The van der Waals surface area contributed by atoms with Gasteiger partial charge in [0.05, 0.1) is 16.8 Å². The van der Waals surface area contributed by atoms with Crippen LogP contribution in [0, 0.1) is 17.0 Å². The number of nitrogens with one attached hydrogen (secondary N) is 1. The monoisotopic (exact) mass is 290 g/mol. The summed E-state index contributed by atoms with van der Waals surface area (Å²) < 4.78 is 1.32. The van der Waals surface area contributed by atoms with Crippen LogP contribution in [0.4, 0.5) is 11.4 Å². The number of carbonyl (C=O) groups is 1. The molecule has 3 N–H and O–H groups in total. The maximum atomic E-state index is 11.9. The predicted molar refractivity (Wildman–Crippen MR) is 74.4 cm³/mol. The first-order valence-electron chi connectivity index (χ1n) is 6.13. The van der Waals surface area contributed by atoms with Gasteiger partial charge >= 0.3 is 0 Å². The van der Waals surface area contributed by atoms with E-state index in [0.717, 1.165) is 5.56 Å². The zero-order valence-corrected chi connectivity index (χ0v) is 11.3. The molecule has 1 amide bonds. The average molecular weight is 290 g/mol. The fourth-order valence-electron chi connectivity index (χ4n) is 1.76. The van der Waals surface area contributed by atoms with Crippen LogP contribution in [-0.2, 0) is 17.9 Å². The lowest BCUT2D eigenvalue weighted by Gasteiger charge is -2.06. The van der Waals surface area contributed by atoms with Gasteiger partial charge in [-0.2, -0.15) is 0 Å². The third-order valence-electron chi connectivity index (χ3n) is 2.72. The highest BCUT2D eigenvalue weighted by Crippen LogP contribution is 2.25. The number of benzene rings is 1. The summed E-state index contributed by atoms with van der Waals surface area (Å²) in [5.41, 5.74) is 6.76. The summed E-state index contributed by atoms with van der Waals surface area (Å²) in [4.78, 5) is 22.3. The fourth-order valence-corrected chi connectivity index (χ4v) is 1.76. The molecule has 1 aromatic heterocycles. The van der Waals surface area contributed by atoms with E-state index in [9.17, 15) is 14.9 Å². The second kappa shape index (κ2) is 6.09. The fraction of sp³-hybridized carbons (Fsp3) is 0.250. The number of nitrogens with zero attached hydrogens (tertiary/aromatic N) is 4. The number of nitro groups is 1. The lowest BCUT2D eigenvalue weighted by atomic mass is 10.2. The van der Waals surface area contributed by atoms with Crippen LogP contribution in [0.1, 0.15) is 11.3 Å². The number of carbonyl (C=O) groups excluding carboxylic acids is 1. The Kier molecular flexibility index (Phi) is 4.24. The molecule has 0 aliphatic rings. The molecule has 9 heteroatoms. The Hall–Kier alpha value is -2.81. The third kappa shape index (κ3) is 3.60. The highest BCUT2D eigenvalue weighted by atomic mass is 16.6. The number of hydrogen-bond donors (Lipinski definition) is 2. The lowest BCUT2D eigenvalue weighted by molar-refractivity contribution is -0.383. The maximum absolute atomic E-state index is 11.9. The van der Waals surface area contributed by atoms with E-state index in [2.05, 4.69) is 15.6 Å². The van der Waals surface area contributed by atoms with E-state index in [0.29, 0.717) is 5.69 Å². The van der Waals surface area contributed by atoms with E-state index in [1.54, 1.807) is 25.3 Å². The van der Waals surface area contributed by atoms with Crippen molar-refractivity contribution in [2.45, 2.75) is 20.0 Å². The lowest BCUT2D eigenvalue weighted by Crippen LogP contribution is -2.19. The first-order valence-corrected chi connectivity index (χ1v) is 6.13. The minimum absolute atomic E-state index is 0.0991. The molecule has 1 aromatic carbocycles. The van der Waals surface area contributed by atoms with Crippen LogP contribution >= 0.6 is 0 Å². The molecule has 0 saturated heterocycles. The molecule has 9 nitrogen and oxygen atoms in total. The number of nitro benzene ring substituents is 1. The summed E-state index contributed by atoms with van der Waals surface area (Å²) in [5.74, 6) is -0.433. The van der Waals surface area contributed by atoms with Gasteiger partial charge in [-0.1, -0.05) is 11.3 Å². The minimum Gasteiger partial charge on any atom is -0.325 e. The highest BCUT2D eigenvalue weighted by molar-refractivity contribution is 5.93. The Morgan fingerprint density at radius 1 is 1.52 bits per heavy atom. The molecule has 0 atom stereocenters. The molecule has 0 saturated carbocycles. The summed E-state index contributed by atoms with van der Waals surface area (Å²) in [7, 11) is 0. The largest absolute Gasteiger partial charge is 0.325 e. The molecular weight excluding hydrogens is 276 g/mol. The molecule has 0 radical (unpaired) electrons. The van der Waals surface area contributed by atoms with Crippen molar-refractivity contribution >= 4 is 17.3 Å². The summed E-state index contributed by atoms with van der Waals surface area (Å²) in [6.07, 6.45) is 1.55. The van der Waals surface area contributed by atoms with Crippen LogP contribution in [0.5, 0.6) is 0 Å². The summed E-state index contributed by atoms with van der Waals surface area (Å²) in [5, 5.41) is 20.9. The summed E-state index contributed by atoms with van der Waals surface area (Å²) >= 11 is 0. The number of anilines is 1. The van der Waals surface area contributed by atoms with Crippen LogP contribution in [0.2, 0.25) is 0 Å². The summed E-state index contributed by atoms with van der Waals surface area (Å²) in [6, 6.07) is 4.51. The van der Waals surface area contributed by atoms with Crippen molar-refractivity contribution in [1.82, 2.24) is 15.0 Å². The van der Waals surface area contributed by atoms with Gasteiger partial charge in [-0.3, -0.25) is 14.9 Å². The molecule has 2 rings (SSSR count). The van der Waals surface area contributed by atoms with E-state index in [4.69, 9.17) is 5.73 Å². The van der Waals surface area contributed by atoms with Crippen LogP contribution in [0.15, 0.2) is 24.4 Å². The minimum atomic E-state index is -0.545. The Morgan fingerprint density at radius 3 is 2.90 bits per heavy atom. The molecule has 0 bridgehead atoms. The van der Waals surface area contributed by atoms with Crippen LogP contribution < -0.4 is 11.1 Å². The SMILES string of the molecule is Cc1ccc([N+](=O)[O-])c(NC(=O)Cn2cc(CN)nn2)c1. The second-order valence-corrected chi connectivity index (χ2v) is 4.44. The first kappa shape index (κ1) is 14.6.